The second-order valence-electron chi connectivity index (χ2n) is 10.1. The standard InChI is InChI=1S/C30H33ClN2O4/c1-6-33-22(15-20-9-7-8-10-26(20)33)17-37-27-14-18(2)23(13-19(27)3)28(34)32-21-11-12-25(31)24(16-21)30(4,5)29(35)36/h7-14,16,22H,6,15,17H2,1-5H3,(H,32,34)(H,35,36)/t22-/m1/s1. The number of benzene rings is 3. The lowest BCUT2D eigenvalue weighted by Crippen LogP contribution is -2.36. The van der Waals surface area contributed by atoms with E-state index in [2.05, 4.69) is 41.4 Å². The fourth-order valence-corrected chi connectivity index (χ4v) is 5.23. The molecule has 0 radical (unpaired) electrons. The predicted molar refractivity (Wildman–Crippen MR) is 148 cm³/mol. The van der Waals surface area contributed by atoms with Crippen LogP contribution in [0, 0.1) is 13.8 Å². The van der Waals surface area contributed by atoms with E-state index >= 15 is 0 Å². The Bertz CT molecular complexity index is 1350. The Morgan fingerprint density at radius 2 is 1.84 bits per heavy atom. The van der Waals surface area contributed by atoms with Crippen molar-refractivity contribution < 1.29 is 19.4 Å². The molecule has 7 heteroatoms. The van der Waals surface area contributed by atoms with Crippen LogP contribution in [0.25, 0.3) is 0 Å². The number of halogens is 1. The van der Waals surface area contributed by atoms with Gasteiger partial charge in [-0.1, -0.05) is 29.8 Å². The van der Waals surface area contributed by atoms with Gasteiger partial charge in [-0.15, -0.1) is 0 Å². The fourth-order valence-electron chi connectivity index (χ4n) is 4.87. The van der Waals surface area contributed by atoms with Gasteiger partial charge in [0.05, 0.1) is 11.5 Å². The minimum atomic E-state index is -1.20. The summed E-state index contributed by atoms with van der Waals surface area (Å²) in [6, 6.07) is 17.4. The Balaban J connectivity index is 1.48. The van der Waals surface area contributed by atoms with Gasteiger partial charge in [-0.05, 0) is 99.7 Å². The number of hydrogen-bond acceptors (Lipinski definition) is 4. The molecule has 4 rings (SSSR count). The summed E-state index contributed by atoms with van der Waals surface area (Å²) < 4.78 is 6.26. The molecule has 3 aromatic rings. The number of carboxylic acid groups (broad SMARTS) is 1. The molecule has 0 spiro atoms. The van der Waals surface area contributed by atoms with E-state index in [1.165, 1.54) is 11.3 Å². The van der Waals surface area contributed by atoms with E-state index < -0.39 is 11.4 Å². The van der Waals surface area contributed by atoms with Crippen LogP contribution < -0.4 is 15.0 Å². The number of aliphatic carboxylic acids is 1. The zero-order valence-corrected chi connectivity index (χ0v) is 22.6. The summed E-state index contributed by atoms with van der Waals surface area (Å²) in [5.41, 5.74) is 4.53. The second-order valence-corrected chi connectivity index (χ2v) is 10.5. The average Bonchev–Trinajstić information content (AvgIpc) is 3.22. The van der Waals surface area contributed by atoms with E-state index in [1.807, 2.05) is 26.0 Å². The van der Waals surface area contributed by atoms with Gasteiger partial charge >= 0.3 is 5.97 Å². The van der Waals surface area contributed by atoms with Gasteiger partial charge in [-0.25, -0.2) is 0 Å². The summed E-state index contributed by atoms with van der Waals surface area (Å²) in [5, 5.41) is 12.8. The Labute approximate surface area is 223 Å². The number of carbonyl (C=O) groups excluding carboxylic acids is 1. The third kappa shape index (κ3) is 5.30. The molecule has 0 aliphatic carbocycles. The normalized spacial score (nSPS) is 14.9. The number of aryl methyl sites for hydroxylation is 2. The zero-order chi connectivity index (χ0) is 26.9. The summed E-state index contributed by atoms with van der Waals surface area (Å²) in [7, 11) is 0. The lowest BCUT2D eigenvalue weighted by atomic mass is 9.84. The number of fused-ring (bicyclic) bond motifs is 1. The van der Waals surface area contributed by atoms with Crippen molar-refractivity contribution in [2.45, 2.75) is 52.5 Å². The molecule has 1 atom stereocenters. The number of nitrogens with zero attached hydrogens (tertiary/aromatic N) is 1. The van der Waals surface area contributed by atoms with Crippen molar-refractivity contribution in [1.82, 2.24) is 0 Å². The van der Waals surface area contributed by atoms with Crippen LogP contribution >= 0.6 is 11.6 Å². The molecule has 1 amide bonds. The van der Waals surface area contributed by atoms with Crippen molar-refractivity contribution in [2.24, 2.45) is 0 Å². The Kier molecular flexibility index (Phi) is 7.51. The number of carboxylic acids is 1. The number of carbonyl (C=O) groups is 2. The molecule has 1 aliphatic heterocycles. The van der Waals surface area contributed by atoms with E-state index in [9.17, 15) is 14.7 Å². The number of para-hydroxylation sites is 1. The smallest absolute Gasteiger partial charge is 0.313 e. The molecule has 2 N–H and O–H groups in total. The average molecular weight is 521 g/mol. The molecule has 3 aromatic carbocycles. The SMILES string of the molecule is CCN1c2ccccc2C[C@@H]1COc1cc(C)c(C(=O)Nc2ccc(Cl)c(C(C)(C)C(=O)O)c2)cc1C. The molecule has 6 nitrogen and oxygen atoms in total. The van der Waals surface area contributed by atoms with Crippen molar-refractivity contribution >= 4 is 34.9 Å². The van der Waals surface area contributed by atoms with Gasteiger partial charge in [0, 0.05) is 28.5 Å². The summed E-state index contributed by atoms with van der Waals surface area (Å²) in [5.74, 6) is -0.515. The monoisotopic (exact) mass is 520 g/mol. The first-order valence-corrected chi connectivity index (χ1v) is 12.8. The van der Waals surface area contributed by atoms with Crippen LogP contribution in [-0.2, 0) is 16.6 Å². The van der Waals surface area contributed by atoms with Crippen molar-refractivity contribution in [2.75, 3.05) is 23.4 Å². The molecule has 0 saturated heterocycles. The third-order valence-corrected chi connectivity index (χ3v) is 7.50. The summed E-state index contributed by atoms with van der Waals surface area (Å²) in [6.07, 6.45) is 0.949. The van der Waals surface area contributed by atoms with Crippen molar-refractivity contribution in [3.63, 3.8) is 0 Å². The minimum Gasteiger partial charge on any atom is -0.491 e. The van der Waals surface area contributed by atoms with E-state index in [-0.39, 0.29) is 11.9 Å². The molecule has 0 bridgehead atoms. The number of amides is 1. The van der Waals surface area contributed by atoms with Crippen LogP contribution in [0.2, 0.25) is 5.02 Å². The van der Waals surface area contributed by atoms with Crippen LogP contribution in [0.15, 0.2) is 54.6 Å². The van der Waals surface area contributed by atoms with Gasteiger partial charge < -0.3 is 20.1 Å². The summed E-state index contributed by atoms with van der Waals surface area (Å²) >= 11 is 6.27. The predicted octanol–water partition coefficient (Wildman–Crippen LogP) is 6.40. The number of anilines is 2. The lowest BCUT2D eigenvalue weighted by molar-refractivity contribution is -0.142. The highest BCUT2D eigenvalue weighted by molar-refractivity contribution is 6.32. The van der Waals surface area contributed by atoms with Gasteiger partial charge in [-0.2, -0.15) is 0 Å². The molecular weight excluding hydrogens is 488 g/mol. The Morgan fingerprint density at radius 1 is 1.11 bits per heavy atom. The van der Waals surface area contributed by atoms with Crippen LogP contribution in [0.3, 0.4) is 0 Å². The number of likely N-dealkylation sites (N-methyl/N-ethyl adjacent to an activating group) is 1. The topological polar surface area (TPSA) is 78.9 Å². The number of rotatable bonds is 8. The molecule has 1 aliphatic rings. The fraction of sp³-hybridized carbons (Fsp3) is 0.333. The van der Waals surface area contributed by atoms with Crippen molar-refractivity contribution in [3.05, 3.63) is 87.4 Å². The third-order valence-electron chi connectivity index (χ3n) is 7.17. The zero-order valence-electron chi connectivity index (χ0n) is 21.9. The quantitative estimate of drug-likeness (QED) is 0.359. The maximum absolute atomic E-state index is 13.1. The van der Waals surface area contributed by atoms with Crippen LogP contribution in [0.4, 0.5) is 11.4 Å². The highest BCUT2D eigenvalue weighted by Crippen LogP contribution is 2.34. The summed E-state index contributed by atoms with van der Waals surface area (Å²) in [6.45, 7) is 10.6. The first-order chi connectivity index (χ1) is 17.5. The van der Waals surface area contributed by atoms with Crippen molar-refractivity contribution in [3.8, 4) is 5.75 Å². The molecule has 0 aromatic heterocycles. The number of nitrogens with one attached hydrogen (secondary N) is 1. The van der Waals surface area contributed by atoms with Gasteiger partial charge in [0.25, 0.3) is 5.91 Å². The van der Waals surface area contributed by atoms with E-state index in [0.717, 1.165) is 29.8 Å². The molecular formula is C30H33ClN2O4. The van der Waals surface area contributed by atoms with E-state index in [4.69, 9.17) is 16.3 Å². The molecule has 0 fully saturated rings. The van der Waals surface area contributed by atoms with Gasteiger partial charge in [0.1, 0.15) is 12.4 Å². The van der Waals surface area contributed by atoms with E-state index in [0.29, 0.717) is 28.4 Å². The maximum Gasteiger partial charge on any atom is 0.313 e. The molecule has 194 valence electrons. The van der Waals surface area contributed by atoms with Gasteiger partial charge in [0.2, 0.25) is 0 Å². The highest BCUT2D eigenvalue weighted by Gasteiger charge is 2.32. The summed E-state index contributed by atoms with van der Waals surface area (Å²) in [4.78, 5) is 27.2. The van der Waals surface area contributed by atoms with Crippen molar-refractivity contribution in [1.29, 1.82) is 0 Å². The number of hydrogen-bond donors (Lipinski definition) is 2. The maximum atomic E-state index is 13.1. The first kappa shape index (κ1) is 26.6. The molecule has 37 heavy (non-hydrogen) atoms. The van der Waals surface area contributed by atoms with E-state index in [1.54, 1.807) is 32.0 Å². The highest BCUT2D eigenvalue weighted by atomic mass is 35.5. The second kappa shape index (κ2) is 10.5. The Hall–Kier alpha value is -3.51. The lowest BCUT2D eigenvalue weighted by Gasteiger charge is -2.26. The molecule has 1 heterocycles. The van der Waals surface area contributed by atoms with Crippen LogP contribution in [-0.4, -0.2) is 36.2 Å². The number of ether oxygens (including phenoxy) is 1. The van der Waals surface area contributed by atoms with Gasteiger partial charge in [-0.3, -0.25) is 9.59 Å². The molecule has 0 saturated carbocycles. The minimum absolute atomic E-state index is 0.263. The van der Waals surface area contributed by atoms with Crippen LogP contribution in [0.5, 0.6) is 5.75 Å². The van der Waals surface area contributed by atoms with Crippen LogP contribution in [0.1, 0.15) is 53.4 Å². The first-order valence-electron chi connectivity index (χ1n) is 12.5. The largest absolute Gasteiger partial charge is 0.491 e. The Morgan fingerprint density at radius 3 is 2.54 bits per heavy atom. The van der Waals surface area contributed by atoms with Gasteiger partial charge in [0.15, 0.2) is 0 Å². The molecule has 0 unspecified atom stereocenters.